The fourth-order valence-corrected chi connectivity index (χ4v) is 2.47. The van der Waals surface area contributed by atoms with Gasteiger partial charge in [-0.05, 0) is 36.8 Å². The number of halogens is 1. The molecule has 2 rings (SSSR count). The second-order valence-electron chi connectivity index (χ2n) is 5.27. The molecule has 24 heavy (non-hydrogen) atoms. The highest BCUT2D eigenvalue weighted by atomic mass is 35.5. The Bertz CT molecular complexity index is 762. The summed E-state index contributed by atoms with van der Waals surface area (Å²) in [5, 5.41) is 3.31. The minimum absolute atomic E-state index is 0.103. The van der Waals surface area contributed by atoms with Crippen molar-refractivity contribution in [1.29, 1.82) is 0 Å². The molecule has 6 heteroatoms. The molecular formula is C18H19ClN2O3. The predicted octanol–water partition coefficient (Wildman–Crippen LogP) is 3.65. The van der Waals surface area contributed by atoms with E-state index in [1.54, 1.807) is 49.6 Å². The van der Waals surface area contributed by atoms with Crippen molar-refractivity contribution in [3.8, 4) is 5.75 Å². The highest BCUT2D eigenvalue weighted by Gasteiger charge is 2.18. The number of ether oxygens (including phenoxy) is 1. The first-order chi connectivity index (χ1) is 11.4. The first kappa shape index (κ1) is 17.8. The van der Waals surface area contributed by atoms with E-state index in [0.717, 1.165) is 5.56 Å². The van der Waals surface area contributed by atoms with E-state index in [-0.39, 0.29) is 18.4 Å². The van der Waals surface area contributed by atoms with Gasteiger partial charge in [0.1, 0.15) is 12.3 Å². The van der Waals surface area contributed by atoms with E-state index in [9.17, 15) is 9.59 Å². The van der Waals surface area contributed by atoms with E-state index in [1.807, 2.05) is 6.92 Å². The number of benzene rings is 2. The van der Waals surface area contributed by atoms with Gasteiger partial charge in [-0.25, -0.2) is 0 Å². The molecule has 2 aromatic rings. The molecule has 126 valence electrons. The number of amides is 2. The smallest absolute Gasteiger partial charge is 0.244 e. The Kier molecular flexibility index (Phi) is 5.82. The van der Waals surface area contributed by atoms with Crippen LogP contribution >= 0.6 is 11.6 Å². The molecule has 0 fully saturated rings. The van der Waals surface area contributed by atoms with Crippen LogP contribution in [0, 0.1) is 6.92 Å². The molecule has 2 aromatic carbocycles. The minimum atomic E-state index is -0.308. The number of hydrogen-bond donors (Lipinski definition) is 1. The van der Waals surface area contributed by atoms with Gasteiger partial charge in [-0.2, -0.15) is 0 Å². The average Bonchev–Trinajstić information content (AvgIpc) is 2.55. The third kappa shape index (κ3) is 4.26. The van der Waals surface area contributed by atoms with Gasteiger partial charge in [-0.15, -0.1) is 0 Å². The predicted molar refractivity (Wildman–Crippen MR) is 95.8 cm³/mol. The van der Waals surface area contributed by atoms with E-state index >= 15 is 0 Å². The summed E-state index contributed by atoms with van der Waals surface area (Å²) in [5.41, 5.74) is 1.98. The number of methoxy groups -OCH3 is 1. The van der Waals surface area contributed by atoms with Gasteiger partial charge < -0.3 is 15.0 Å². The molecule has 0 aromatic heterocycles. The number of hydrogen-bond acceptors (Lipinski definition) is 3. The van der Waals surface area contributed by atoms with Crippen molar-refractivity contribution >= 4 is 34.8 Å². The summed E-state index contributed by atoms with van der Waals surface area (Å²) in [6, 6.07) is 12.3. The summed E-state index contributed by atoms with van der Waals surface area (Å²) in [7, 11) is 1.56. The number of carbonyl (C=O) groups excluding carboxylic acids is 2. The minimum Gasteiger partial charge on any atom is -0.497 e. The topological polar surface area (TPSA) is 58.6 Å². The molecule has 0 radical (unpaired) electrons. The van der Waals surface area contributed by atoms with E-state index < -0.39 is 0 Å². The van der Waals surface area contributed by atoms with Crippen LogP contribution in [0.1, 0.15) is 12.5 Å². The normalized spacial score (nSPS) is 10.2. The molecule has 0 heterocycles. The quantitative estimate of drug-likeness (QED) is 0.899. The SMILES string of the molecule is COc1cccc(NC(=O)CN(C(C)=O)c2cccc(Cl)c2C)c1. The fraction of sp³-hybridized carbons (Fsp3) is 0.222. The van der Waals surface area contributed by atoms with Gasteiger partial charge in [-0.3, -0.25) is 9.59 Å². The van der Waals surface area contributed by atoms with E-state index in [4.69, 9.17) is 16.3 Å². The van der Waals surface area contributed by atoms with Crippen LogP contribution in [-0.2, 0) is 9.59 Å². The lowest BCUT2D eigenvalue weighted by atomic mass is 10.1. The van der Waals surface area contributed by atoms with Crippen LogP contribution < -0.4 is 15.0 Å². The van der Waals surface area contributed by atoms with Crippen molar-refractivity contribution in [3.63, 3.8) is 0 Å². The molecule has 2 amide bonds. The van der Waals surface area contributed by atoms with Gasteiger partial charge in [-0.1, -0.05) is 23.7 Å². The second-order valence-corrected chi connectivity index (χ2v) is 5.68. The lowest BCUT2D eigenvalue weighted by Crippen LogP contribution is -2.37. The van der Waals surface area contributed by atoms with E-state index in [2.05, 4.69) is 5.32 Å². The largest absolute Gasteiger partial charge is 0.497 e. The molecule has 1 N–H and O–H groups in total. The molecule has 0 bridgehead atoms. The van der Waals surface area contributed by atoms with Crippen LogP contribution in [0.15, 0.2) is 42.5 Å². The van der Waals surface area contributed by atoms with Gasteiger partial charge in [0.2, 0.25) is 11.8 Å². The summed E-state index contributed by atoms with van der Waals surface area (Å²) in [4.78, 5) is 25.7. The Labute approximate surface area is 146 Å². The van der Waals surface area contributed by atoms with Crippen LogP contribution in [0.3, 0.4) is 0 Å². The van der Waals surface area contributed by atoms with Gasteiger partial charge >= 0.3 is 0 Å². The van der Waals surface area contributed by atoms with Crippen molar-refractivity contribution in [1.82, 2.24) is 0 Å². The summed E-state index contributed by atoms with van der Waals surface area (Å²) in [6.45, 7) is 3.13. The van der Waals surface area contributed by atoms with Gasteiger partial charge in [0, 0.05) is 29.4 Å². The fourth-order valence-electron chi connectivity index (χ4n) is 2.30. The Hall–Kier alpha value is -2.53. The molecule has 5 nitrogen and oxygen atoms in total. The highest BCUT2D eigenvalue weighted by Crippen LogP contribution is 2.26. The molecular weight excluding hydrogens is 328 g/mol. The summed E-state index contributed by atoms with van der Waals surface area (Å²) < 4.78 is 5.12. The number of nitrogens with zero attached hydrogens (tertiary/aromatic N) is 1. The molecule has 0 aliphatic heterocycles. The van der Waals surface area contributed by atoms with Crippen LogP contribution in [-0.4, -0.2) is 25.5 Å². The highest BCUT2D eigenvalue weighted by molar-refractivity contribution is 6.31. The summed E-state index contributed by atoms with van der Waals surface area (Å²) in [5.74, 6) is 0.0981. The Balaban J connectivity index is 2.17. The molecule has 0 aliphatic rings. The van der Waals surface area contributed by atoms with E-state index in [0.29, 0.717) is 22.1 Å². The summed E-state index contributed by atoms with van der Waals surface area (Å²) in [6.07, 6.45) is 0. The Morgan fingerprint density at radius 2 is 1.92 bits per heavy atom. The van der Waals surface area contributed by atoms with Crippen molar-refractivity contribution < 1.29 is 14.3 Å². The average molecular weight is 347 g/mol. The number of rotatable bonds is 5. The van der Waals surface area contributed by atoms with Crippen LogP contribution in [0.2, 0.25) is 5.02 Å². The molecule has 0 saturated carbocycles. The zero-order valence-electron chi connectivity index (χ0n) is 13.8. The number of anilines is 2. The van der Waals surface area contributed by atoms with Crippen LogP contribution in [0.4, 0.5) is 11.4 Å². The van der Waals surface area contributed by atoms with Crippen molar-refractivity contribution in [2.45, 2.75) is 13.8 Å². The van der Waals surface area contributed by atoms with Crippen molar-refractivity contribution in [3.05, 3.63) is 53.1 Å². The number of nitrogens with one attached hydrogen (secondary N) is 1. The lowest BCUT2D eigenvalue weighted by Gasteiger charge is -2.23. The maximum Gasteiger partial charge on any atom is 0.244 e. The van der Waals surface area contributed by atoms with Gasteiger partial charge in [0.15, 0.2) is 0 Å². The van der Waals surface area contributed by atoms with Crippen LogP contribution in [0.5, 0.6) is 5.75 Å². The van der Waals surface area contributed by atoms with Crippen molar-refractivity contribution in [2.75, 3.05) is 23.9 Å². The first-order valence-corrected chi connectivity index (χ1v) is 7.77. The number of carbonyl (C=O) groups is 2. The Morgan fingerprint density at radius 3 is 2.58 bits per heavy atom. The molecule has 0 saturated heterocycles. The van der Waals surface area contributed by atoms with Gasteiger partial charge in [0.05, 0.1) is 7.11 Å². The lowest BCUT2D eigenvalue weighted by molar-refractivity contribution is -0.120. The zero-order chi connectivity index (χ0) is 17.7. The molecule has 0 atom stereocenters. The maximum atomic E-state index is 12.3. The van der Waals surface area contributed by atoms with Gasteiger partial charge in [0.25, 0.3) is 0 Å². The van der Waals surface area contributed by atoms with Crippen LogP contribution in [0.25, 0.3) is 0 Å². The Morgan fingerprint density at radius 1 is 1.21 bits per heavy atom. The first-order valence-electron chi connectivity index (χ1n) is 7.39. The third-order valence-electron chi connectivity index (χ3n) is 3.57. The second kappa shape index (κ2) is 7.84. The molecule has 0 aliphatic carbocycles. The monoisotopic (exact) mass is 346 g/mol. The molecule has 0 unspecified atom stereocenters. The maximum absolute atomic E-state index is 12.3. The summed E-state index contributed by atoms with van der Waals surface area (Å²) >= 11 is 6.11. The van der Waals surface area contributed by atoms with Crippen molar-refractivity contribution in [2.24, 2.45) is 0 Å². The third-order valence-corrected chi connectivity index (χ3v) is 3.97. The zero-order valence-corrected chi connectivity index (χ0v) is 14.6. The molecule has 0 spiro atoms. The van der Waals surface area contributed by atoms with E-state index in [1.165, 1.54) is 11.8 Å². The standard InChI is InChI=1S/C18H19ClN2O3/c1-12-16(19)8-5-9-17(12)21(13(2)22)11-18(23)20-14-6-4-7-15(10-14)24-3/h4-10H,11H2,1-3H3,(H,20,23).